The molecule has 0 fully saturated rings. The normalized spacial score (nSPS) is 12.3. The van der Waals surface area contributed by atoms with Crippen molar-refractivity contribution in [2.75, 3.05) is 0 Å². The molecule has 0 atom stereocenters. The lowest BCUT2D eigenvalue weighted by Gasteiger charge is -2.06. The lowest BCUT2D eigenvalue weighted by Crippen LogP contribution is -2.04. The van der Waals surface area contributed by atoms with E-state index in [4.69, 9.17) is 9.68 Å². The number of nitrogens with zero attached hydrogens (tertiary/aromatic N) is 1. The van der Waals surface area contributed by atoms with Crippen LogP contribution in [0.25, 0.3) is 11.6 Å². The van der Waals surface area contributed by atoms with Crippen LogP contribution < -0.4 is 0 Å². The van der Waals surface area contributed by atoms with Crippen molar-refractivity contribution in [1.29, 1.82) is 5.26 Å². The second kappa shape index (κ2) is 6.08. The maximum absolute atomic E-state index is 12.5. The van der Waals surface area contributed by atoms with Crippen molar-refractivity contribution in [3.05, 3.63) is 56.4 Å². The zero-order chi connectivity index (χ0) is 15.6. The van der Waals surface area contributed by atoms with Gasteiger partial charge in [-0.25, -0.2) is 0 Å². The Morgan fingerprint density at radius 2 is 1.81 bits per heavy atom. The van der Waals surface area contributed by atoms with Crippen molar-refractivity contribution in [3.63, 3.8) is 0 Å². The van der Waals surface area contributed by atoms with Crippen molar-refractivity contribution in [2.45, 2.75) is 6.18 Å². The van der Waals surface area contributed by atoms with Crippen LogP contribution in [0.4, 0.5) is 13.2 Å². The number of hydrogen-bond donors (Lipinski definition) is 0. The number of benzene rings is 1. The van der Waals surface area contributed by atoms with Crippen molar-refractivity contribution in [3.8, 4) is 6.07 Å². The van der Waals surface area contributed by atoms with Gasteiger partial charge in [0.2, 0.25) is 0 Å². The number of alkyl halides is 3. The molecule has 21 heavy (non-hydrogen) atoms. The molecule has 0 saturated heterocycles. The molecule has 0 aliphatic carbocycles. The van der Waals surface area contributed by atoms with E-state index in [-0.39, 0.29) is 5.57 Å². The summed E-state index contributed by atoms with van der Waals surface area (Å²) >= 11 is 6.40. The van der Waals surface area contributed by atoms with E-state index in [9.17, 15) is 13.2 Å². The molecule has 7 heteroatoms. The van der Waals surface area contributed by atoms with E-state index in [0.717, 1.165) is 12.1 Å². The molecule has 1 heterocycles. The van der Waals surface area contributed by atoms with Gasteiger partial charge in [-0.2, -0.15) is 18.4 Å². The molecule has 0 radical (unpaired) electrons. The average molecular weight is 421 g/mol. The van der Waals surface area contributed by atoms with Gasteiger partial charge >= 0.3 is 6.18 Å². The number of halogens is 5. The summed E-state index contributed by atoms with van der Waals surface area (Å²) in [6.07, 6.45) is -2.94. The van der Waals surface area contributed by atoms with Gasteiger partial charge in [-0.3, -0.25) is 0 Å². The molecular weight excluding hydrogens is 415 g/mol. The summed E-state index contributed by atoms with van der Waals surface area (Å²) in [4.78, 5) is 0. The summed E-state index contributed by atoms with van der Waals surface area (Å²) in [5, 5.41) is 9.14. The Kier molecular flexibility index (Phi) is 4.59. The van der Waals surface area contributed by atoms with Crippen LogP contribution in [0.5, 0.6) is 0 Å². The Labute approximate surface area is 135 Å². The fourth-order valence-corrected chi connectivity index (χ4v) is 2.20. The minimum absolute atomic E-state index is 0.206. The van der Waals surface area contributed by atoms with Crippen LogP contribution in [0.1, 0.15) is 16.9 Å². The fraction of sp³-hybridized carbons (Fsp3) is 0.0714. The Morgan fingerprint density at radius 3 is 2.24 bits per heavy atom. The van der Waals surface area contributed by atoms with Crippen molar-refractivity contribution in [2.24, 2.45) is 0 Å². The molecule has 1 aromatic carbocycles. The largest absolute Gasteiger partial charge is 0.449 e. The van der Waals surface area contributed by atoms with Crippen LogP contribution in [0.15, 0.2) is 43.9 Å². The second-order valence-electron chi connectivity index (χ2n) is 4.02. The molecule has 0 N–H and O–H groups in total. The van der Waals surface area contributed by atoms with Gasteiger partial charge in [0.15, 0.2) is 4.67 Å². The third-order valence-corrected chi connectivity index (χ3v) is 4.30. The molecule has 0 aliphatic rings. The topological polar surface area (TPSA) is 36.9 Å². The molecule has 2 rings (SSSR count). The van der Waals surface area contributed by atoms with Crippen LogP contribution in [-0.4, -0.2) is 0 Å². The predicted octanol–water partition coefficient (Wildman–Crippen LogP) is 5.89. The van der Waals surface area contributed by atoms with Gasteiger partial charge < -0.3 is 4.42 Å². The van der Waals surface area contributed by atoms with E-state index in [1.807, 2.05) is 6.07 Å². The summed E-state index contributed by atoms with van der Waals surface area (Å²) in [5.41, 5.74) is -0.168. The molecule has 108 valence electrons. The molecule has 0 aliphatic heterocycles. The Morgan fingerprint density at radius 1 is 1.19 bits per heavy atom. The SMILES string of the molecule is N#C/C(=C/c1cc(Br)c(Br)o1)c1ccc(C(F)(F)F)cc1. The first-order valence-electron chi connectivity index (χ1n) is 5.55. The third-order valence-electron chi connectivity index (χ3n) is 2.59. The van der Waals surface area contributed by atoms with Gasteiger partial charge in [0.05, 0.1) is 21.7 Å². The fourth-order valence-electron chi connectivity index (χ4n) is 1.60. The first-order chi connectivity index (χ1) is 9.81. The molecule has 2 aromatic rings. The maximum Gasteiger partial charge on any atom is 0.416 e. The molecule has 0 saturated carbocycles. The Bertz CT molecular complexity index is 705. The minimum atomic E-state index is -4.40. The summed E-state index contributed by atoms with van der Waals surface area (Å²) in [7, 11) is 0. The molecule has 1 aromatic heterocycles. The van der Waals surface area contributed by atoms with Gasteiger partial charge in [-0.15, -0.1) is 0 Å². The standard InChI is InChI=1S/C14H6Br2F3NO/c15-12-6-11(21-13(12)16)5-9(7-20)8-1-3-10(4-2-8)14(17,18)19/h1-6H/b9-5-. The summed E-state index contributed by atoms with van der Waals surface area (Å²) in [6, 6.07) is 7.98. The molecule has 0 bridgehead atoms. The van der Waals surface area contributed by atoms with E-state index in [1.54, 1.807) is 6.07 Å². The van der Waals surface area contributed by atoms with E-state index in [0.29, 0.717) is 20.5 Å². The van der Waals surface area contributed by atoms with Crippen LogP contribution in [0.2, 0.25) is 0 Å². The van der Waals surface area contributed by atoms with Gasteiger partial charge in [0.25, 0.3) is 0 Å². The van der Waals surface area contributed by atoms with Crippen LogP contribution in [0, 0.1) is 11.3 Å². The molecule has 2 nitrogen and oxygen atoms in total. The minimum Gasteiger partial charge on any atom is -0.449 e. The van der Waals surface area contributed by atoms with Gasteiger partial charge in [-0.1, -0.05) is 12.1 Å². The van der Waals surface area contributed by atoms with Crippen LogP contribution in [-0.2, 0) is 6.18 Å². The number of hydrogen-bond acceptors (Lipinski definition) is 2. The first kappa shape index (κ1) is 15.9. The number of allylic oxidation sites excluding steroid dienone is 1. The second-order valence-corrected chi connectivity index (χ2v) is 5.59. The predicted molar refractivity (Wildman–Crippen MR) is 79.0 cm³/mol. The monoisotopic (exact) mass is 419 g/mol. The zero-order valence-electron chi connectivity index (χ0n) is 10.2. The molecule has 0 spiro atoms. The summed E-state index contributed by atoms with van der Waals surface area (Å²) in [6.45, 7) is 0. The highest BCUT2D eigenvalue weighted by molar-refractivity contribution is 9.13. The Hall–Kier alpha value is -1.52. The van der Waals surface area contributed by atoms with Crippen molar-refractivity contribution < 1.29 is 17.6 Å². The third kappa shape index (κ3) is 3.77. The van der Waals surface area contributed by atoms with Gasteiger partial charge in [0.1, 0.15) is 5.76 Å². The van der Waals surface area contributed by atoms with Crippen molar-refractivity contribution in [1.82, 2.24) is 0 Å². The van der Waals surface area contributed by atoms with Crippen LogP contribution in [0.3, 0.4) is 0 Å². The Balaban J connectivity index is 2.36. The highest BCUT2D eigenvalue weighted by Gasteiger charge is 2.30. The van der Waals surface area contributed by atoms with Gasteiger partial charge in [0, 0.05) is 0 Å². The zero-order valence-corrected chi connectivity index (χ0v) is 13.4. The van der Waals surface area contributed by atoms with Crippen molar-refractivity contribution >= 4 is 43.5 Å². The lowest BCUT2D eigenvalue weighted by atomic mass is 10.0. The lowest BCUT2D eigenvalue weighted by molar-refractivity contribution is -0.137. The first-order valence-corrected chi connectivity index (χ1v) is 7.14. The molecule has 0 unspecified atom stereocenters. The van der Waals surface area contributed by atoms with E-state index < -0.39 is 11.7 Å². The van der Waals surface area contributed by atoms with E-state index in [2.05, 4.69) is 31.9 Å². The molecular formula is C14H6Br2F3NO. The van der Waals surface area contributed by atoms with E-state index in [1.165, 1.54) is 18.2 Å². The molecule has 0 amide bonds. The van der Waals surface area contributed by atoms with Crippen LogP contribution >= 0.6 is 31.9 Å². The summed E-state index contributed by atoms with van der Waals surface area (Å²) in [5.74, 6) is 0.408. The highest BCUT2D eigenvalue weighted by Crippen LogP contribution is 2.31. The maximum atomic E-state index is 12.5. The average Bonchev–Trinajstić information content (AvgIpc) is 2.74. The van der Waals surface area contributed by atoms with E-state index >= 15 is 0 Å². The highest BCUT2D eigenvalue weighted by atomic mass is 79.9. The number of furan rings is 1. The number of nitriles is 1. The summed E-state index contributed by atoms with van der Waals surface area (Å²) < 4.78 is 43.9. The quantitative estimate of drug-likeness (QED) is 0.568. The van der Waals surface area contributed by atoms with Gasteiger partial charge in [-0.05, 0) is 61.7 Å². The number of rotatable bonds is 2. The smallest absolute Gasteiger partial charge is 0.416 e.